The van der Waals surface area contributed by atoms with Gasteiger partial charge in [-0.3, -0.25) is 9.78 Å². The van der Waals surface area contributed by atoms with Gasteiger partial charge in [0, 0.05) is 42.3 Å². The van der Waals surface area contributed by atoms with E-state index in [9.17, 15) is 13.6 Å². The lowest BCUT2D eigenvalue weighted by Gasteiger charge is -2.19. The minimum Gasteiger partial charge on any atom is -0.372 e. The van der Waals surface area contributed by atoms with Crippen LogP contribution in [0, 0.1) is 0 Å². The molecular weight excluding hydrogens is 416 g/mol. The lowest BCUT2D eigenvalue weighted by molar-refractivity contribution is 0.102. The summed E-state index contributed by atoms with van der Waals surface area (Å²) in [4.78, 5) is 26.4. The number of aromatic nitrogens is 5. The Kier molecular flexibility index (Phi) is 5.18. The summed E-state index contributed by atoms with van der Waals surface area (Å²) < 4.78 is 27.9. The average Bonchev–Trinajstić information content (AvgIpc) is 3.49. The largest absolute Gasteiger partial charge is 0.372 e. The zero-order chi connectivity index (χ0) is 22.1. The number of fused-ring (bicyclic) bond motifs is 1. The Bertz CT molecular complexity index is 1270. The predicted octanol–water partition coefficient (Wildman–Crippen LogP) is 4.21. The number of pyridine rings is 1. The second-order valence-electron chi connectivity index (χ2n) is 7.50. The number of alkyl halides is 2. The summed E-state index contributed by atoms with van der Waals surface area (Å²) in [6, 6.07) is 8.26. The van der Waals surface area contributed by atoms with Crippen LogP contribution in [-0.4, -0.2) is 44.1 Å². The van der Waals surface area contributed by atoms with Gasteiger partial charge in [0.05, 0.1) is 17.3 Å². The zero-order valence-corrected chi connectivity index (χ0v) is 16.9. The smallest absolute Gasteiger partial charge is 0.264 e. The molecule has 1 aliphatic heterocycles. The lowest BCUT2D eigenvalue weighted by atomic mass is 10.1. The van der Waals surface area contributed by atoms with Crippen LogP contribution >= 0.6 is 0 Å². The molecule has 4 heterocycles. The van der Waals surface area contributed by atoms with E-state index >= 15 is 0 Å². The molecule has 1 aliphatic rings. The molecule has 1 amide bonds. The molecule has 1 fully saturated rings. The highest BCUT2D eigenvalue weighted by molar-refractivity contribution is 6.11. The van der Waals surface area contributed by atoms with Crippen molar-refractivity contribution in [2.24, 2.45) is 0 Å². The number of halogens is 2. The standard InChI is InChI=1S/C22H19F2N7O/c23-20(24)15-10-13(31-8-1-2-9-31)5-6-14(15)21-27-17-12-25-11-16(19(17)29-21)22(32)28-18-4-3-7-26-30-18/h3-7,10-12,20H,1-2,8-9H2,(H,27,29)(H,28,30,32). The third kappa shape index (κ3) is 3.75. The van der Waals surface area contributed by atoms with Gasteiger partial charge >= 0.3 is 0 Å². The monoisotopic (exact) mass is 435 g/mol. The van der Waals surface area contributed by atoms with E-state index in [0.717, 1.165) is 31.6 Å². The van der Waals surface area contributed by atoms with Crippen LogP contribution in [0.25, 0.3) is 22.4 Å². The minimum atomic E-state index is -2.67. The van der Waals surface area contributed by atoms with Gasteiger partial charge in [-0.1, -0.05) is 0 Å². The lowest BCUT2D eigenvalue weighted by Crippen LogP contribution is -2.17. The van der Waals surface area contributed by atoms with Crippen molar-refractivity contribution in [2.45, 2.75) is 19.3 Å². The number of carbonyl (C=O) groups is 1. The molecule has 0 saturated carbocycles. The normalized spacial score (nSPS) is 13.8. The van der Waals surface area contributed by atoms with Crippen molar-refractivity contribution in [3.63, 3.8) is 0 Å². The van der Waals surface area contributed by atoms with Gasteiger partial charge in [0.15, 0.2) is 5.82 Å². The van der Waals surface area contributed by atoms with Crippen molar-refractivity contribution in [3.05, 3.63) is 60.0 Å². The van der Waals surface area contributed by atoms with Crippen molar-refractivity contribution in [1.29, 1.82) is 0 Å². The fourth-order valence-corrected chi connectivity index (χ4v) is 3.90. The number of nitrogens with one attached hydrogen (secondary N) is 2. The molecule has 1 aromatic carbocycles. The van der Waals surface area contributed by atoms with E-state index in [2.05, 4.69) is 35.4 Å². The van der Waals surface area contributed by atoms with E-state index in [1.165, 1.54) is 24.7 Å². The van der Waals surface area contributed by atoms with Crippen molar-refractivity contribution in [3.8, 4) is 11.4 Å². The number of imidazole rings is 1. The maximum Gasteiger partial charge on any atom is 0.264 e. The van der Waals surface area contributed by atoms with E-state index in [1.807, 2.05) is 6.07 Å². The summed E-state index contributed by atoms with van der Waals surface area (Å²) in [6.45, 7) is 1.73. The number of benzene rings is 1. The third-order valence-corrected chi connectivity index (χ3v) is 5.45. The molecule has 0 atom stereocenters. The number of nitrogens with zero attached hydrogens (tertiary/aromatic N) is 5. The molecule has 5 rings (SSSR count). The highest BCUT2D eigenvalue weighted by atomic mass is 19.3. The molecule has 0 radical (unpaired) electrons. The van der Waals surface area contributed by atoms with Crippen LogP contribution in [0.2, 0.25) is 0 Å². The van der Waals surface area contributed by atoms with Gasteiger partial charge in [-0.05, 0) is 43.2 Å². The van der Waals surface area contributed by atoms with Crippen molar-refractivity contribution >= 4 is 28.4 Å². The molecule has 162 valence electrons. The SMILES string of the molecule is O=C(Nc1cccnn1)c1cncc2[nH]c(-c3ccc(N4CCCC4)cc3C(F)F)nc12. The summed E-state index contributed by atoms with van der Waals surface area (Å²) >= 11 is 0. The highest BCUT2D eigenvalue weighted by Crippen LogP contribution is 2.35. The molecule has 3 aromatic heterocycles. The first-order valence-electron chi connectivity index (χ1n) is 10.2. The quantitative estimate of drug-likeness (QED) is 0.487. The van der Waals surface area contributed by atoms with Crippen LogP contribution in [0.1, 0.15) is 35.2 Å². The van der Waals surface area contributed by atoms with Gasteiger partial charge < -0.3 is 15.2 Å². The molecule has 4 aromatic rings. The summed E-state index contributed by atoms with van der Waals surface area (Å²) in [5.74, 6) is 0.0627. The van der Waals surface area contributed by atoms with E-state index in [0.29, 0.717) is 16.6 Å². The number of hydrogen-bond acceptors (Lipinski definition) is 6. The van der Waals surface area contributed by atoms with Crippen LogP contribution in [-0.2, 0) is 0 Å². The van der Waals surface area contributed by atoms with Crippen LogP contribution in [0.15, 0.2) is 48.9 Å². The molecule has 1 saturated heterocycles. The molecule has 0 bridgehead atoms. The van der Waals surface area contributed by atoms with Crippen LogP contribution in [0.5, 0.6) is 0 Å². The first-order chi connectivity index (χ1) is 15.6. The maximum atomic E-state index is 13.9. The van der Waals surface area contributed by atoms with E-state index in [-0.39, 0.29) is 22.8 Å². The van der Waals surface area contributed by atoms with Crippen LogP contribution in [0.3, 0.4) is 0 Å². The summed E-state index contributed by atoms with van der Waals surface area (Å²) in [6.07, 6.45) is 3.82. The van der Waals surface area contributed by atoms with E-state index in [4.69, 9.17) is 0 Å². The van der Waals surface area contributed by atoms with E-state index in [1.54, 1.807) is 18.2 Å². The second-order valence-corrected chi connectivity index (χ2v) is 7.50. The van der Waals surface area contributed by atoms with Gasteiger partial charge in [0.25, 0.3) is 12.3 Å². The van der Waals surface area contributed by atoms with Crippen LogP contribution < -0.4 is 10.2 Å². The Balaban J connectivity index is 1.53. The number of anilines is 2. The fourth-order valence-electron chi connectivity index (χ4n) is 3.90. The fraction of sp³-hybridized carbons (Fsp3) is 0.227. The van der Waals surface area contributed by atoms with Crippen molar-refractivity contribution < 1.29 is 13.6 Å². The Morgan fingerprint density at radius 3 is 2.75 bits per heavy atom. The van der Waals surface area contributed by atoms with Gasteiger partial charge in [-0.25, -0.2) is 13.8 Å². The number of aromatic amines is 1. The Hall–Kier alpha value is -3.95. The first-order valence-corrected chi connectivity index (χ1v) is 10.2. The number of amides is 1. The van der Waals surface area contributed by atoms with Crippen molar-refractivity contribution in [2.75, 3.05) is 23.3 Å². The highest BCUT2D eigenvalue weighted by Gasteiger charge is 2.22. The number of H-pyrrole nitrogens is 1. The molecule has 2 N–H and O–H groups in total. The Morgan fingerprint density at radius 1 is 1.16 bits per heavy atom. The Morgan fingerprint density at radius 2 is 2.00 bits per heavy atom. The van der Waals surface area contributed by atoms with Crippen molar-refractivity contribution in [1.82, 2.24) is 25.1 Å². The number of rotatable bonds is 5. The summed E-state index contributed by atoms with van der Waals surface area (Å²) in [5, 5.41) is 10.2. The van der Waals surface area contributed by atoms with Gasteiger partial charge in [0.2, 0.25) is 0 Å². The molecule has 10 heteroatoms. The average molecular weight is 435 g/mol. The summed E-state index contributed by atoms with van der Waals surface area (Å²) in [5.41, 5.74) is 1.97. The number of carbonyl (C=O) groups excluding carboxylic acids is 1. The third-order valence-electron chi connectivity index (χ3n) is 5.45. The first kappa shape index (κ1) is 20.0. The topological polar surface area (TPSA) is 99.7 Å². The maximum absolute atomic E-state index is 13.9. The predicted molar refractivity (Wildman–Crippen MR) is 116 cm³/mol. The summed E-state index contributed by atoms with van der Waals surface area (Å²) in [7, 11) is 0. The minimum absolute atomic E-state index is 0.105. The molecule has 0 unspecified atom stereocenters. The number of hydrogen-bond donors (Lipinski definition) is 2. The van der Waals surface area contributed by atoms with Gasteiger partial charge in [-0.15, -0.1) is 5.10 Å². The zero-order valence-electron chi connectivity index (χ0n) is 16.9. The molecule has 8 nitrogen and oxygen atoms in total. The molecule has 32 heavy (non-hydrogen) atoms. The van der Waals surface area contributed by atoms with Gasteiger partial charge in [0.1, 0.15) is 11.3 Å². The second kappa shape index (κ2) is 8.29. The molecule has 0 spiro atoms. The molecule has 0 aliphatic carbocycles. The molecular formula is C22H19F2N7O. The van der Waals surface area contributed by atoms with Gasteiger partial charge in [-0.2, -0.15) is 5.10 Å². The van der Waals surface area contributed by atoms with Crippen LogP contribution in [0.4, 0.5) is 20.3 Å². The Labute approximate surface area is 181 Å². The van der Waals surface area contributed by atoms with E-state index < -0.39 is 12.3 Å².